The Hall–Kier alpha value is -4.00. The van der Waals surface area contributed by atoms with Crippen LogP contribution >= 0.6 is 11.3 Å². The molecule has 1 aromatic carbocycles. The van der Waals surface area contributed by atoms with Gasteiger partial charge in [0.2, 0.25) is 0 Å². The first-order chi connectivity index (χ1) is 17.0. The van der Waals surface area contributed by atoms with E-state index < -0.39 is 35.7 Å². The number of halogens is 3. The summed E-state index contributed by atoms with van der Waals surface area (Å²) in [6, 6.07) is 8.10. The number of aryl methyl sites for hydroxylation is 1. The number of thiophene rings is 1. The van der Waals surface area contributed by atoms with E-state index in [1.54, 1.807) is 25.1 Å². The lowest BCUT2D eigenvalue weighted by molar-refractivity contribution is -0.274. The van der Waals surface area contributed by atoms with E-state index in [-0.39, 0.29) is 24.5 Å². The zero-order valence-electron chi connectivity index (χ0n) is 19.1. The summed E-state index contributed by atoms with van der Waals surface area (Å²) in [7, 11) is 1.44. The molecule has 9 nitrogen and oxygen atoms in total. The van der Waals surface area contributed by atoms with Crippen molar-refractivity contribution in [3.8, 4) is 21.9 Å². The number of urea groups is 1. The standard InChI is InChI=1S/C23H22F3N3O6S/c1-3-34-19(31)12-15(27-22(33)28-20-16(30)9-10-29(2)21(20)32)18-8-7-17(36-18)13-5-4-6-14(11-13)35-23(24,25)26/h4-11,15,30H,3,12H2,1-2H3,(H2,27,28,33)/t15-/m0/s1. The summed E-state index contributed by atoms with van der Waals surface area (Å²) in [5, 5.41) is 14.8. The molecule has 0 unspecified atom stereocenters. The van der Waals surface area contributed by atoms with E-state index in [4.69, 9.17) is 4.74 Å². The molecule has 0 spiro atoms. The average molecular weight is 526 g/mol. The molecule has 3 rings (SSSR count). The van der Waals surface area contributed by atoms with E-state index >= 15 is 0 Å². The van der Waals surface area contributed by atoms with E-state index in [1.165, 1.54) is 37.5 Å². The largest absolute Gasteiger partial charge is 0.573 e. The molecule has 0 radical (unpaired) electrons. The number of pyridine rings is 1. The van der Waals surface area contributed by atoms with Crippen molar-refractivity contribution < 1.29 is 37.3 Å². The van der Waals surface area contributed by atoms with E-state index in [0.29, 0.717) is 15.3 Å². The van der Waals surface area contributed by atoms with Gasteiger partial charge in [-0.1, -0.05) is 12.1 Å². The highest BCUT2D eigenvalue weighted by molar-refractivity contribution is 7.15. The van der Waals surface area contributed by atoms with Crippen molar-refractivity contribution in [3.05, 3.63) is 63.9 Å². The van der Waals surface area contributed by atoms with Gasteiger partial charge in [-0.3, -0.25) is 9.59 Å². The number of esters is 1. The van der Waals surface area contributed by atoms with Crippen molar-refractivity contribution in [2.24, 2.45) is 7.05 Å². The minimum Gasteiger partial charge on any atom is -0.505 e. The molecule has 192 valence electrons. The van der Waals surface area contributed by atoms with Crippen LogP contribution in [0.25, 0.3) is 10.4 Å². The summed E-state index contributed by atoms with van der Waals surface area (Å²) >= 11 is 1.14. The molecule has 13 heteroatoms. The third-order valence-corrected chi connectivity index (χ3v) is 6.04. The monoisotopic (exact) mass is 525 g/mol. The Labute approximate surface area is 207 Å². The fraction of sp³-hybridized carbons (Fsp3) is 0.261. The van der Waals surface area contributed by atoms with Gasteiger partial charge >= 0.3 is 18.4 Å². The number of carbonyl (C=O) groups is 2. The summed E-state index contributed by atoms with van der Waals surface area (Å²) in [6.45, 7) is 1.74. The van der Waals surface area contributed by atoms with Gasteiger partial charge in [0.1, 0.15) is 11.5 Å². The molecule has 0 fully saturated rings. The number of hydrogen-bond acceptors (Lipinski definition) is 7. The van der Waals surface area contributed by atoms with Crippen LogP contribution in [0.3, 0.4) is 0 Å². The van der Waals surface area contributed by atoms with E-state index in [2.05, 4.69) is 15.4 Å². The maximum Gasteiger partial charge on any atom is 0.573 e. The summed E-state index contributed by atoms with van der Waals surface area (Å²) < 4.78 is 47.8. The summed E-state index contributed by atoms with van der Waals surface area (Å²) in [5.74, 6) is -1.42. The molecule has 2 heterocycles. The Kier molecular flexibility index (Phi) is 8.25. The zero-order chi connectivity index (χ0) is 26.5. The first kappa shape index (κ1) is 26.6. The summed E-state index contributed by atoms with van der Waals surface area (Å²) in [6.07, 6.45) is -3.76. The first-order valence-corrected chi connectivity index (χ1v) is 11.4. The molecular weight excluding hydrogens is 503 g/mol. The number of nitrogens with one attached hydrogen (secondary N) is 2. The van der Waals surface area contributed by atoms with Gasteiger partial charge in [0.05, 0.1) is 19.1 Å². The molecular formula is C23H22F3N3O6S. The van der Waals surface area contributed by atoms with Gasteiger partial charge in [0, 0.05) is 23.0 Å². The van der Waals surface area contributed by atoms with Gasteiger partial charge in [-0.2, -0.15) is 0 Å². The number of amides is 2. The lowest BCUT2D eigenvalue weighted by Gasteiger charge is -2.17. The number of alkyl halides is 3. The van der Waals surface area contributed by atoms with Crippen molar-refractivity contribution in [2.75, 3.05) is 11.9 Å². The molecule has 3 aromatic rings. The molecule has 0 bridgehead atoms. The van der Waals surface area contributed by atoms with Crippen LogP contribution < -0.4 is 20.9 Å². The van der Waals surface area contributed by atoms with Crippen molar-refractivity contribution in [3.63, 3.8) is 0 Å². The Bertz CT molecular complexity index is 1300. The number of ether oxygens (including phenoxy) is 2. The highest BCUT2D eigenvalue weighted by Crippen LogP contribution is 2.35. The smallest absolute Gasteiger partial charge is 0.505 e. The number of aromatic nitrogens is 1. The SMILES string of the molecule is CCOC(=O)C[C@H](NC(=O)Nc1c(O)ccn(C)c1=O)c1ccc(-c2cccc(OC(F)(F)F)c2)s1. The number of aromatic hydroxyl groups is 1. The van der Waals surface area contributed by atoms with Gasteiger partial charge in [0.15, 0.2) is 5.69 Å². The van der Waals surface area contributed by atoms with Crippen molar-refractivity contribution in [1.82, 2.24) is 9.88 Å². The minimum absolute atomic E-state index is 0.118. The topological polar surface area (TPSA) is 119 Å². The number of nitrogens with zero attached hydrogens (tertiary/aromatic N) is 1. The van der Waals surface area contributed by atoms with Crippen LogP contribution in [0.2, 0.25) is 0 Å². The lowest BCUT2D eigenvalue weighted by atomic mass is 10.1. The zero-order valence-corrected chi connectivity index (χ0v) is 19.9. The highest BCUT2D eigenvalue weighted by Gasteiger charge is 2.31. The lowest BCUT2D eigenvalue weighted by Crippen LogP contribution is -2.35. The molecule has 0 aliphatic carbocycles. The van der Waals surface area contributed by atoms with Crippen molar-refractivity contribution in [2.45, 2.75) is 25.7 Å². The van der Waals surface area contributed by atoms with E-state index in [0.717, 1.165) is 15.9 Å². The van der Waals surface area contributed by atoms with Gasteiger partial charge in [0.25, 0.3) is 5.56 Å². The normalized spacial score (nSPS) is 12.0. The Morgan fingerprint density at radius 1 is 1.19 bits per heavy atom. The number of hydrogen-bond donors (Lipinski definition) is 3. The highest BCUT2D eigenvalue weighted by atomic mass is 32.1. The average Bonchev–Trinajstić information content (AvgIpc) is 3.28. The van der Waals surface area contributed by atoms with Crippen LogP contribution in [0.5, 0.6) is 11.5 Å². The predicted octanol–water partition coefficient (Wildman–Crippen LogP) is 4.53. The third kappa shape index (κ3) is 7.01. The second-order valence-electron chi connectivity index (χ2n) is 7.43. The maximum absolute atomic E-state index is 12.7. The fourth-order valence-electron chi connectivity index (χ4n) is 3.20. The van der Waals surface area contributed by atoms with Crippen LogP contribution in [0.1, 0.15) is 24.3 Å². The Morgan fingerprint density at radius 2 is 1.94 bits per heavy atom. The number of anilines is 1. The maximum atomic E-state index is 12.7. The van der Waals surface area contributed by atoms with Crippen LogP contribution in [-0.2, 0) is 16.6 Å². The molecule has 36 heavy (non-hydrogen) atoms. The Balaban J connectivity index is 1.84. The quantitative estimate of drug-likeness (QED) is 0.372. The number of carbonyl (C=O) groups excluding carboxylic acids is 2. The second kappa shape index (κ2) is 11.2. The minimum atomic E-state index is -4.84. The number of benzene rings is 1. The van der Waals surface area contributed by atoms with E-state index in [1.807, 2.05) is 0 Å². The van der Waals surface area contributed by atoms with Gasteiger partial charge in [-0.15, -0.1) is 24.5 Å². The fourth-order valence-corrected chi connectivity index (χ4v) is 4.25. The molecule has 0 saturated carbocycles. The molecule has 0 aliphatic heterocycles. The molecule has 0 aliphatic rings. The molecule has 2 aromatic heterocycles. The summed E-state index contributed by atoms with van der Waals surface area (Å²) in [5.41, 5.74) is -0.558. The van der Waals surface area contributed by atoms with Crippen LogP contribution in [0, 0.1) is 0 Å². The third-order valence-electron chi connectivity index (χ3n) is 4.79. The summed E-state index contributed by atoms with van der Waals surface area (Å²) in [4.78, 5) is 38.1. The van der Waals surface area contributed by atoms with Gasteiger partial charge in [-0.05, 0) is 42.8 Å². The molecule has 0 saturated heterocycles. The van der Waals surface area contributed by atoms with Crippen molar-refractivity contribution >= 4 is 29.0 Å². The van der Waals surface area contributed by atoms with Crippen LogP contribution in [-0.4, -0.2) is 34.6 Å². The Morgan fingerprint density at radius 3 is 2.64 bits per heavy atom. The van der Waals surface area contributed by atoms with Crippen LogP contribution in [0.4, 0.5) is 23.7 Å². The second-order valence-corrected chi connectivity index (χ2v) is 8.55. The van der Waals surface area contributed by atoms with Crippen molar-refractivity contribution in [1.29, 1.82) is 0 Å². The molecule has 2 amide bonds. The first-order valence-electron chi connectivity index (χ1n) is 10.5. The molecule has 1 atom stereocenters. The number of rotatable bonds is 8. The molecule has 3 N–H and O–H groups in total. The predicted molar refractivity (Wildman–Crippen MR) is 126 cm³/mol. The van der Waals surface area contributed by atoms with Gasteiger partial charge < -0.3 is 29.8 Å². The van der Waals surface area contributed by atoms with Crippen LogP contribution in [0.15, 0.2) is 53.5 Å². The van der Waals surface area contributed by atoms with E-state index in [9.17, 15) is 32.7 Å². The van der Waals surface area contributed by atoms with Gasteiger partial charge in [-0.25, -0.2) is 4.79 Å².